The molecule has 6 heteroatoms. The molecule has 1 aromatic heterocycles. The van der Waals surface area contributed by atoms with Gasteiger partial charge in [-0.25, -0.2) is 0 Å². The van der Waals surface area contributed by atoms with Crippen molar-refractivity contribution < 1.29 is 4.79 Å². The van der Waals surface area contributed by atoms with Crippen LogP contribution in [-0.4, -0.2) is 49.0 Å². The highest BCUT2D eigenvalue weighted by Crippen LogP contribution is 2.24. The van der Waals surface area contributed by atoms with E-state index in [1.165, 1.54) is 5.69 Å². The topological polar surface area (TPSA) is 68.4 Å². The number of benzene rings is 2. The number of aromatic nitrogens is 1. The molecule has 32 heavy (non-hydrogen) atoms. The number of carbonyl (C=O) groups is 1. The lowest BCUT2D eigenvalue weighted by molar-refractivity contribution is 0.102. The van der Waals surface area contributed by atoms with Crippen LogP contribution >= 0.6 is 0 Å². The van der Waals surface area contributed by atoms with Crippen LogP contribution in [0.4, 0.5) is 11.4 Å². The third kappa shape index (κ3) is 4.70. The molecule has 1 atom stereocenters. The van der Waals surface area contributed by atoms with Gasteiger partial charge in [0.1, 0.15) is 0 Å². The van der Waals surface area contributed by atoms with Crippen LogP contribution in [0, 0.1) is 0 Å². The van der Waals surface area contributed by atoms with Crippen molar-refractivity contribution in [3.63, 3.8) is 0 Å². The summed E-state index contributed by atoms with van der Waals surface area (Å²) in [5.74, 6) is -0.190. The quantitative estimate of drug-likeness (QED) is 0.585. The predicted octanol–water partition coefficient (Wildman–Crippen LogP) is 4.26. The summed E-state index contributed by atoms with van der Waals surface area (Å²) in [5, 5.41) is 3.59. The predicted molar refractivity (Wildman–Crippen MR) is 132 cm³/mol. The normalized spacial score (nSPS) is 16.1. The number of unbranched alkanes of at least 4 members (excludes halogenated alkanes) is 1. The fraction of sp³-hybridized carbons (Fsp3) is 0.385. The molecule has 0 bridgehead atoms. The second-order valence-corrected chi connectivity index (χ2v) is 8.86. The first-order valence-electron chi connectivity index (χ1n) is 11.4. The number of aryl methyl sites for hydroxylation is 1. The number of rotatable bonds is 7. The Kier molecular flexibility index (Phi) is 6.61. The van der Waals surface area contributed by atoms with Crippen molar-refractivity contribution in [2.24, 2.45) is 0 Å². The van der Waals surface area contributed by atoms with Crippen LogP contribution in [0.25, 0.3) is 10.9 Å². The molecule has 2 heterocycles. The molecule has 2 aromatic carbocycles. The number of aromatic amines is 1. The molecule has 1 fully saturated rings. The molecular formula is C26H32N4O2. The first-order valence-corrected chi connectivity index (χ1v) is 11.4. The smallest absolute Gasteiger partial charge is 0.255 e. The van der Waals surface area contributed by atoms with Crippen LogP contribution in [0.1, 0.15) is 42.1 Å². The molecule has 1 amide bonds. The van der Waals surface area contributed by atoms with Gasteiger partial charge in [-0.05, 0) is 75.8 Å². The van der Waals surface area contributed by atoms with E-state index in [-0.39, 0.29) is 11.3 Å². The molecule has 0 spiro atoms. The molecule has 168 valence electrons. The van der Waals surface area contributed by atoms with Gasteiger partial charge < -0.3 is 20.1 Å². The molecule has 0 saturated carbocycles. The van der Waals surface area contributed by atoms with Gasteiger partial charge >= 0.3 is 0 Å². The number of hydrogen-bond donors (Lipinski definition) is 2. The van der Waals surface area contributed by atoms with Crippen molar-refractivity contribution in [2.75, 3.05) is 37.4 Å². The fourth-order valence-electron chi connectivity index (χ4n) is 4.32. The number of carbonyl (C=O) groups excluding carboxylic acids is 1. The van der Waals surface area contributed by atoms with E-state index in [0.29, 0.717) is 22.5 Å². The zero-order valence-electron chi connectivity index (χ0n) is 19.1. The lowest BCUT2D eigenvalue weighted by Gasteiger charge is -2.22. The molecule has 3 aromatic rings. The van der Waals surface area contributed by atoms with Crippen molar-refractivity contribution in [2.45, 2.75) is 38.6 Å². The average Bonchev–Trinajstić information content (AvgIpc) is 3.30. The Balaban J connectivity index is 1.45. The van der Waals surface area contributed by atoms with Crippen LogP contribution in [0.2, 0.25) is 0 Å². The van der Waals surface area contributed by atoms with Gasteiger partial charge in [-0.1, -0.05) is 13.3 Å². The highest BCUT2D eigenvalue weighted by molar-refractivity contribution is 6.06. The zero-order chi connectivity index (χ0) is 22.7. The first kappa shape index (κ1) is 22.1. The van der Waals surface area contributed by atoms with Crippen LogP contribution in [0.5, 0.6) is 0 Å². The summed E-state index contributed by atoms with van der Waals surface area (Å²) in [7, 11) is 4.25. The molecule has 1 aliphatic heterocycles. The summed E-state index contributed by atoms with van der Waals surface area (Å²) < 4.78 is 0. The second kappa shape index (κ2) is 9.57. The Hall–Kier alpha value is -3.12. The maximum Gasteiger partial charge on any atom is 0.255 e. The number of pyridine rings is 1. The Labute approximate surface area is 189 Å². The Bertz CT molecular complexity index is 1150. The number of nitrogens with zero attached hydrogens (tertiary/aromatic N) is 2. The Morgan fingerprint density at radius 2 is 1.97 bits per heavy atom. The summed E-state index contributed by atoms with van der Waals surface area (Å²) in [4.78, 5) is 33.3. The molecule has 1 unspecified atom stereocenters. The molecule has 6 nitrogen and oxygen atoms in total. The number of anilines is 2. The van der Waals surface area contributed by atoms with E-state index < -0.39 is 0 Å². The summed E-state index contributed by atoms with van der Waals surface area (Å²) in [6.07, 6.45) is 5.75. The monoisotopic (exact) mass is 432 g/mol. The van der Waals surface area contributed by atoms with E-state index in [0.717, 1.165) is 50.0 Å². The van der Waals surface area contributed by atoms with Crippen LogP contribution in [0.3, 0.4) is 0 Å². The number of hydrogen-bond acceptors (Lipinski definition) is 4. The summed E-state index contributed by atoms with van der Waals surface area (Å²) >= 11 is 0. The van der Waals surface area contributed by atoms with Crippen LogP contribution < -0.4 is 15.6 Å². The lowest BCUT2D eigenvalue weighted by Crippen LogP contribution is -2.31. The molecule has 2 N–H and O–H groups in total. The van der Waals surface area contributed by atoms with E-state index in [1.807, 2.05) is 12.1 Å². The minimum atomic E-state index is -0.190. The van der Waals surface area contributed by atoms with Crippen molar-refractivity contribution in [3.05, 3.63) is 70.0 Å². The Morgan fingerprint density at radius 1 is 1.19 bits per heavy atom. The summed E-state index contributed by atoms with van der Waals surface area (Å²) in [6.45, 7) is 4.18. The molecule has 0 radical (unpaired) electrons. The first-order chi connectivity index (χ1) is 15.5. The summed E-state index contributed by atoms with van der Waals surface area (Å²) in [6, 6.07) is 13.8. The highest BCUT2D eigenvalue weighted by Gasteiger charge is 2.24. The largest absolute Gasteiger partial charge is 0.370 e. The maximum atomic E-state index is 12.8. The van der Waals surface area contributed by atoms with Crippen molar-refractivity contribution in [3.8, 4) is 0 Å². The number of amides is 1. The van der Waals surface area contributed by atoms with Gasteiger partial charge in [-0.15, -0.1) is 0 Å². The Morgan fingerprint density at radius 3 is 2.66 bits per heavy atom. The fourth-order valence-corrected chi connectivity index (χ4v) is 4.32. The molecule has 4 rings (SSSR count). The number of nitrogens with one attached hydrogen (secondary N) is 2. The average molecular weight is 433 g/mol. The van der Waals surface area contributed by atoms with E-state index in [9.17, 15) is 9.59 Å². The number of H-pyrrole nitrogens is 1. The minimum absolute atomic E-state index is 0.0492. The van der Waals surface area contributed by atoms with Crippen LogP contribution in [0.15, 0.2) is 53.5 Å². The van der Waals surface area contributed by atoms with Gasteiger partial charge in [-0.2, -0.15) is 0 Å². The van der Waals surface area contributed by atoms with Crippen LogP contribution in [-0.2, 0) is 6.42 Å². The van der Waals surface area contributed by atoms with Gasteiger partial charge in [0.2, 0.25) is 0 Å². The molecule has 0 aliphatic carbocycles. The van der Waals surface area contributed by atoms with E-state index in [1.54, 1.807) is 24.4 Å². The molecular weight excluding hydrogens is 400 g/mol. The minimum Gasteiger partial charge on any atom is -0.370 e. The van der Waals surface area contributed by atoms with Crippen molar-refractivity contribution >= 4 is 28.2 Å². The zero-order valence-corrected chi connectivity index (χ0v) is 19.1. The third-order valence-corrected chi connectivity index (χ3v) is 6.40. The van der Waals surface area contributed by atoms with Gasteiger partial charge in [0.15, 0.2) is 5.43 Å². The molecule has 1 aliphatic rings. The van der Waals surface area contributed by atoms with E-state index >= 15 is 0 Å². The van der Waals surface area contributed by atoms with E-state index in [2.05, 4.69) is 53.3 Å². The second-order valence-electron chi connectivity index (χ2n) is 8.86. The van der Waals surface area contributed by atoms with Gasteiger partial charge in [0.05, 0.1) is 5.52 Å². The lowest BCUT2D eigenvalue weighted by atomic mass is 10.1. The standard InChI is InChI=1S/C26H32N4O2/c1-4-5-6-19-16-27-24-15-18(7-12-23(24)25(19)31)26(32)28-20-8-10-21(11-9-20)30-14-13-22(17-30)29(2)3/h7-12,15-16,22H,4-6,13-14,17H2,1-3H3,(H,27,31)(H,28,32). The van der Waals surface area contributed by atoms with Crippen molar-refractivity contribution in [1.82, 2.24) is 9.88 Å². The van der Waals surface area contributed by atoms with Gasteiger partial charge in [-0.3, -0.25) is 9.59 Å². The SMILES string of the molecule is CCCCc1c[nH]c2cc(C(=O)Nc3ccc(N4CCC(N(C)C)C4)cc3)ccc2c1=O. The number of likely N-dealkylation sites (N-methyl/N-ethyl adjacent to an activating group) is 1. The summed E-state index contributed by atoms with van der Waals surface area (Å²) in [5.41, 5.74) is 3.98. The third-order valence-electron chi connectivity index (χ3n) is 6.40. The highest BCUT2D eigenvalue weighted by atomic mass is 16.1. The van der Waals surface area contributed by atoms with Gasteiger partial charge in [0, 0.05) is 53.2 Å². The maximum absolute atomic E-state index is 12.8. The van der Waals surface area contributed by atoms with Crippen molar-refractivity contribution in [1.29, 1.82) is 0 Å². The number of fused-ring (bicyclic) bond motifs is 1. The van der Waals surface area contributed by atoms with E-state index in [4.69, 9.17) is 0 Å². The molecule has 1 saturated heterocycles. The van der Waals surface area contributed by atoms with Gasteiger partial charge in [0.25, 0.3) is 5.91 Å².